The van der Waals surface area contributed by atoms with Gasteiger partial charge in [-0.2, -0.15) is 13.2 Å². The summed E-state index contributed by atoms with van der Waals surface area (Å²) in [5.74, 6) is 5.76. The minimum atomic E-state index is -4.43. The third-order valence-electron chi connectivity index (χ3n) is 6.88. The summed E-state index contributed by atoms with van der Waals surface area (Å²) in [6.45, 7) is 0.584. The molecule has 0 atom stereocenters. The van der Waals surface area contributed by atoms with Crippen molar-refractivity contribution in [2.45, 2.75) is 76.1 Å². The molecule has 2 aromatic rings. The maximum atomic E-state index is 13.3. The van der Waals surface area contributed by atoms with Crippen LogP contribution in [0.2, 0.25) is 5.28 Å². The Morgan fingerprint density at radius 1 is 1.14 bits per heavy atom. The van der Waals surface area contributed by atoms with Crippen molar-refractivity contribution in [3.05, 3.63) is 52.1 Å². The molecule has 188 valence electrons. The lowest BCUT2D eigenvalue weighted by atomic mass is 9.89. The Balaban J connectivity index is 1.62. The normalized spacial score (nSPS) is 18.2. The average Bonchev–Trinajstić information content (AvgIpc) is 3.40. The highest BCUT2D eigenvalue weighted by Crippen LogP contribution is 2.30. The predicted octanol–water partition coefficient (Wildman–Crippen LogP) is 5.57. The first kappa shape index (κ1) is 25.6. The summed E-state index contributed by atoms with van der Waals surface area (Å²) in [4.78, 5) is 17.6. The number of nitrogens with zero attached hydrogens (tertiary/aromatic N) is 2. The van der Waals surface area contributed by atoms with Crippen LogP contribution in [0.1, 0.15) is 85.1 Å². The summed E-state index contributed by atoms with van der Waals surface area (Å²) in [5, 5.41) is 13.6. The highest BCUT2D eigenvalue weighted by molar-refractivity contribution is 6.29. The van der Waals surface area contributed by atoms with Gasteiger partial charge in [-0.25, -0.2) is 4.98 Å². The van der Waals surface area contributed by atoms with Crippen LogP contribution in [0, 0.1) is 17.8 Å². The molecule has 0 bridgehead atoms. The number of hydrogen-bond donors (Lipinski definition) is 2. The number of rotatable bonds is 5. The van der Waals surface area contributed by atoms with Crippen molar-refractivity contribution in [3.8, 4) is 11.8 Å². The molecule has 0 saturated heterocycles. The fourth-order valence-electron chi connectivity index (χ4n) is 4.84. The number of alkyl halides is 3. The van der Waals surface area contributed by atoms with Crippen LogP contribution in [0.25, 0.3) is 0 Å². The van der Waals surface area contributed by atoms with E-state index in [0.29, 0.717) is 30.9 Å². The average molecular weight is 508 g/mol. The molecule has 2 saturated carbocycles. The number of halogens is 4. The van der Waals surface area contributed by atoms with E-state index in [1.165, 1.54) is 23.1 Å². The molecule has 35 heavy (non-hydrogen) atoms. The van der Waals surface area contributed by atoms with Gasteiger partial charge in [-0.1, -0.05) is 37.3 Å². The van der Waals surface area contributed by atoms with Crippen molar-refractivity contribution >= 4 is 17.5 Å². The van der Waals surface area contributed by atoms with Gasteiger partial charge in [0.05, 0.1) is 12.1 Å². The van der Waals surface area contributed by atoms with Gasteiger partial charge in [-0.3, -0.25) is 4.79 Å². The van der Waals surface area contributed by atoms with E-state index in [2.05, 4.69) is 22.1 Å². The predicted molar refractivity (Wildman–Crippen MR) is 127 cm³/mol. The first-order valence-corrected chi connectivity index (χ1v) is 12.5. The van der Waals surface area contributed by atoms with Gasteiger partial charge in [0, 0.05) is 6.54 Å². The summed E-state index contributed by atoms with van der Waals surface area (Å²) in [7, 11) is 0. The van der Waals surface area contributed by atoms with E-state index < -0.39 is 17.3 Å². The zero-order valence-corrected chi connectivity index (χ0v) is 20.2. The van der Waals surface area contributed by atoms with Crippen LogP contribution in [0.4, 0.5) is 13.2 Å². The van der Waals surface area contributed by atoms with E-state index in [0.717, 1.165) is 50.7 Å². The molecule has 1 amide bonds. The maximum absolute atomic E-state index is 13.3. The number of aliphatic hydroxyl groups is 1. The van der Waals surface area contributed by atoms with E-state index >= 15 is 0 Å². The molecule has 9 heteroatoms. The molecule has 0 spiro atoms. The van der Waals surface area contributed by atoms with Crippen molar-refractivity contribution in [3.63, 3.8) is 0 Å². The van der Waals surface area contributed by atoms with E-state index in [4.69, 9.17) is 11.6 Å². The minimum absolute atomic E-state index is 0.00965. The molecular weight excluding hydrogens is 479 g/mol. The van der Waals surface area contributed by atoms with Gasteiger partial charge >= 0.3 is 6.18 Å². The quantitative estimate of drug-likeness (QED) is 0.520. The number of carbonyl (C=O) groups is 1. The third-order valence-corrected chi connectivity index (χ3v) is 7.17. The van der Waals surface area contributed by atoms with Gasteiger partial charge in [0.2, 0.25) is 5.28 Å². The smallest absolute Gasteiger partial charge is 0.378 e. The number of aromatic nitrogens is 2. The zero-order valence-electron chi connectivity index (χ0n) is 19.4. The molecular formula is C26H29ClF3N3O2. The lowest BCUT2D eigenvalue weighted by Crippen LogP contribution is -2.32. The number of nitrogens with one attached hydrogen (secondary N) is 1. The van der Waals surface area contributed by atoms with Crippen LogP contribution in [0.5, 0.6) is 0 Å². The third kappa shape index (κ3) is 6.39. The van der Waals surface area contributed by atoms with Crippen LogP contribution < -0.4 is 5.32 Å². The molecule has 2 aliphatic rings. The lowest BCUT2D eigenvalue weighted by molar-refractivity contribution is -0.137. The fourth-order valence-corrected chi connectivity index (χ4v) is 5.07. The first-order chi connectivity index (χ1) is 16.6. The van der Waals surface area contributed by atoms with Gasteiger partial charge < -0.3 is 15.0 Å². The molecule has 2 aliphatic carbocycles. The SMILES string of the molecule is O=C(NCC1CCCCC1)c1c(C#CC2(O)CCCC2)nc(Cl)n1Cc1ccc(C(F)(F)F)cc1. The molecule has 5 nitrogen and oxygen atoms in total. The molecule has 1 aromatic carbocycles. The molecule has 0 unspecified atom stereocenters. The molecule has 1 heterocycles. The van der Waals surface area contributed by atoms with Gasteiger partial charge in [-0.15, -0.1) is 0 Å². The first-order valence-electron chi connectivity index (χ1n) is 12.1. The number of imidazole rings is 1. The van der Waals surface area contributed by atoms with Crippen molar-refractivity contribution in [2.75, 3.05) is 6.54 Å². The standard InChI is InChI=1S/C26H29ClF3N3O2/c27-24-32-21(12-15-25(35)13-4-5-14-25)22(23(34)31-16-18-6-2-1-3-7-18)33(24)17-19-8-10-20(11-9-19)26(28,29)30/h8-11,18,35H,1-7,13-14,16-17H2,(H,31,34). The Labute approximate surface area is 208 Å². The Morgan fingerprint density at radius 3 is 2.43 bits per heavy atom. The Kier molecular flexibility index (Phi) is 7.77. The fraction of sp³-hybridized carbons (Fsp3) is 0.538. The summed E-state index contributed by atoms with van der Waals surface area (Å²) < 4.78 is 40.3. The monoisotopic (exact) mass is 507 g/mol. The largest absolute Gasteiger partial charge is 0.416 e. The van der Waals surface area contributed by atoms with Crippen LogP contribution in [0.15, 0.2) is 24.3 Å². The maximum Gasteiger partial charge on any atom is 0.416 e. The van der Waals surface area contributed by atoms with Crippen molar-refractivity contribution in [2.24, 2.45) is 5.92 Å². The molecule has 0 radical (unpaired) electrons. The number of hydrogen-bond acceptors (Lipinski definition) is 3. The second-order valence-corrected chi connectivity index (χ2v) is 9.90. The van der Waals surface area contributed by atoms with E-state index in [1.807, 2.05) is 0 Å². The highest BCUT2D eigenvalue weighted by Gasteiger charge is 2.31. The molecule has 2 N–H and O–H groups in total. The summed E-state index contributed by atoms with van der Waals surface area (Å²) in [5.41, 5.74) is -1.02. The van der Waals surface area contributed by atoms with E-state index in [1.54, 1.807) is 0 Å². The van der Waals surface area contributed by atoms with Crippen molar-refractivity contribution in [1.29, 1.82) is 0 Å². The molecule has 0 aliphatic heterocycles. The Bertz CT molecular complexity index is 1100. The van der Waals surface area contributed by atoms with Crippen molar-refractivity contribution < 1.29 is 23.1 Å². The number of benzene rings is 1. The van der Waals surface area contributed by atoms with Crippen LogP contribution in [-0.2, 0) is 12.7 Å². The Morgan fingerprint density at radius 2 is 1.80 bits per heavy atom. The van der Waals surface area contributed by atoms with Gasteiger partial charge in [0.15, 0.2) is 0 Å². The summed E-state index contributed by atoms with van der Waals surface area (Å²) in [6.07, 6.45) is 4.07. The van der Waals surface area contributed by atoms with Gasteiger partial charge in [0.25, 0.3) is 5.91 Å². The summed E-state index contributed by atoms with van der Waals surface area (Å²) in [6, 6.07) is 4.71. The zero-order chi connectivity index (χ0) is 25.1. The Hall–Kier alpha value is -2.50. The highest BCUT2D eigenvalue weighted by atomic mass is 35.5. The molecule has 4 rings (SSSR count). The van der Waals surface area contributed by atoms with Gasteiger partial charge in [-0.05, 0) is 79.7 Å². The van der Waals surface area contributed by atoms with E-state index in [9.17, 15) is 23.1 Å². The van der Waals surface area contributed by atoms with Crippen LogP contribution in [-0.4, -0.2) is 32.7 Å². The summed E-state index contributed by atoms with van der Waals surface area (Å²) >= 11 is 6.39. The second-order valence-electron chi connectivity index (χ2n) is 9.56. The number of amides is 1. The van der Waals surface area contributed by atoms with E-state index in [-0.39, 0.29) is 29.1 Å². The van der Waals surface area contributed by atoms with Crippen molar-refractivity contribution in [1.82, 2.24) is 14.9 Å². The minimum Gasteiger partial charge on any atom is -0.378 e. The lowest BCUT2D eigenvalue weighted by Gasteiger charge is -2.22. The van der Waals surface area contributed by atoms with Crippen LogP contribution in [0.3, 0.4) is 0 Å². The molecule has 1 aromatic heterocycles. The molecule has 2 fully saturated rings. The van der Waals surface area contributed by atoms with Gasteiger partial charge in [0.1, 0.15) is 17.0 Å². The topological polar surface area (TPSA) is 67.2 Å². The number of carbonyl (C=O) groups excluding carboxylic acids is 1. The van der Waals surface area contributed by atoms with Crippen LogP contribution >= 0.6 is 11.6 Å². The second kappa shape index (κ2) is 10.6.